The van der Waals surface area contributed by atoms with Gasteiger partial charge in [-0.05, 0) is 80.1 Å². The van der Waals surface area contributed by atoms with Crippen molar-refractivity contribution in [3.63, 3.8) is 0 Å². The van der Waals surface area contributed by atoms with E-state index in [0.717, 1.165) is 59.7 Å². The molecule has 0 saturated carbocycles. The molecule has 2 aromatic heterocycles. The first kappa shape index (κ1) is 25.8. The van der Waals surface area contributed by atoms with Crippen LogP contribution in [0, 0.1) is 5.41 Å². The minimum absolute atomic E-state index is 0.0882. The Bertz CT molecular complexity index is 1090. The van der Waals surface area contributed by atoms with Crippen LogP contribution in [-0.4, -0.2) is 59.1 Å². The number of pyridine rings is 2. The van der Waals surface area contributed by atoms with Crippen molar-refractivity contribution in [2.45, 2.75) is 43.4 Å². The van der Waals surface area contributed by atoms with Gasteiger partial charge >= 0.3 is 0 Å². The van der Waals surface area contributed by atoms with E-state index in [1.165, 1.54) is 0 Å². The van der Waals surface area contributed by atoms with E-state index >= 15 is 4.39 Å². The van der Waals surface area contributed by atoms with Crippen LogP contribution >= 0.6 is 11.8 Å². The number of nitrogens with zero attached hydrogens (tertiary/aromatic N) is 3. The van der Waals surface area contributed by atoms with Crippen molar-refractivity contribution in [3.8, 4) is 5.75 Å². The second kappa shape index (κ2) is 12.1. The Morgan fingerprint density at radius 2 is 2.06 bits per heavy atom. The molecule has 3 N–H and O–H groups in total. The molecule has 1 aromatic carbocycles. The molecule has 35 heavy (non-hydrogen) atoms. The van der Waals surface area contributed by atoms with E-state index < -0.39 is 6.17 Å². The van der Waals surface area contributed by atoms with Gasteiger partial charge in [-0.1, -0.05) is 6.07 Å². The molecule has 0 radical (unpaired) electrons. The third-order valence-electron chi connectivity index (χ3n) is 7.21. The van der Waals surface area contributed by atoms with E-state index in [9.17, 15) is 5.11 Å². The predicted molar refractivity (Wildman–Crippen MR) is 139 cm³/mol. The van der Waals surface area contributed by atoms with Crippen LogP contribution in [0.15, 0.2) is 53.8 Å². The van der Waals surface area contributed by atoms with Gasteiger partial charge in [0, 0.05) is 48.8 Å². The van der Waals surface area contributed by atoms with Gasteiger partial charge in [0.15, 0.2) is 0 Å². The van der Waals surface area contributed by atoms with Gasteiger partial charge in [-0.3, -0.25) is 4.98 Å². The molecule has 188 valence electrons. The maximum Gasteiger partial charge on any atom is 0.126 e. The number of benzene rings is 1. The number of methoxy groups -OCH3 is 1. The van der Waals surface area contributed by atoms with Gasteiger partial charge in [-0.25, -0.2) is 9.37 Å². The fourth-order valence-electron chi connectivity index (χ4n) is 4.92. The summed E-state index contributed by atoms with van der Waals surface area (Å²) >= 11 is 1.76. The number of rotatable bonds is 11. The van der Waals surface area contributed by atoms with Gasteiger partial charge in [0.25, 0.3) is 0 Å². The predicted octanol–water partition coefficient (Wildman–Crippen LogP) is 4.75. The summed E-state index contributed by atoms with van der Waals surface area (Å²) in [6, 6.07) is 11.5. The van der Waals surface area contributed by atoms with E-state index in [2.05, 4.69) is 14.9 Å². The minimum atomic E-state index is -1.18. The molecule has 1 aliphatic rings. The lowest BCUT2D eigenvalue weighted by Crippen LogP contribution is -2.42. The van der Waals surface area contributed by atoms with E-state index in [4.69, 9.17) is 10.5 Å². The van der Waals surface area contributed by atoms with Gasteiger partial charge in [0.05, 0.1) is 17.7 Å². The number of hydrogen-bond donors (Lipinski definition) is 2. The molecule has 3 heterocycles. The molecule has 4 rings (SSSR count). The number of hydrogen-bond acceptors (Lipinski definition) is 7. The minimum Gasteiger partial charge on any atom is -0.497 e. The molecule has 0 spiro atoms. The molecular formula is C27H35FN4O2S. The first-order valence-electron chi connectivity index (χ1n) is 12.2. The molecule has 0 bridgehead atoms. The Hall–Kier alpha value is -2.26. The summed E-state index contributed by atoms with van der Waals surface area (Å²) in [6.07, 6.45) is 5.05. The normalized spacial score (nSPS) is 16.9. The summed E-state index contributed by atoms with van der Waals surface area (Å²) < 4.78 is 21.1. The first-order chi connectivity index (χ1) is 17.1. The topological polar surface area (TPSA) is 84.5 Å². The summed E-state index contributed by atoms with van der Waals surface area (Å²) in [6.45, 7) is 3.14. The molecule has 8 heteroatoms. The Morgan fingerprint density at radius 3 is 2.74 bits per heavy atom. The number of halogens is 1. The van der Waals surface area contributed by atoms with Crippen molar-refractivity contribution in [2.24, 2.45) is 11.1 Å². The van der Waals surface area contributed by atoms with Crippen molar-refractivity contribution in [1.82, 2.24) is 14.9 Å². The molecule has 1 aliphatic heterocycles. The van der Waals surface area contributed by atoms with Crippen LogP contribution in [0.25, 0.3) is 10.9 Å². The lowest BCUT2D eigenvalue weighted by Gasteiger charge is -2.41. The largest absolute Gasteiger partial charge is 0.497 e. The molecule has 6 nitrogen and oxygen atoms in total. The highest BCUT2D eigenvalue weighted by molar-refractivity contribution is 7.99. The maximum atomic E-state index is 15.8. The van der Waals surface area contributed by atoms with Crippen molar-refractivity contribution in [3.05, 3.63) is 59.9 Å². The highest BCUT2D eigenvalue weighted by Gasteiger charge is 2.35. The third kappa shape index (κ3) is 6.30. The summed E-state index contributed by atoms with van der Waals surface area (Å²) in [5.74, 6) is 1.65. The van der Waals surface area contributed by atoms with Crippen molar-refractivity contribution in [2.75, 3.05) is 39.1 Å². The third-order valence-corrected chi connectivity index (χ3v) is 8.13. The molecule has 3 aromatic rings. The Labute approximate surface area is 211 Å². The average molecular weight is 499 g/mol. The smallest absolute Gasteiger partial charge is 0.126 e. The molecule has 0 amide bonds. The van der Waals surface area contributed by atoms with E-state index in [1.807, 2.05) is 42.6 Å². The van der Waals surface area contributed by atoms with E-state index in [0.29, 0.717) is 24.2 Å². The van der Waals surface area contributed by atoms with E-state index in [1.54, 1.807) is 25.1 Å². The average Bonchev–Trinajstić information content (AvgIpc) is 2.92. The molecule has 1 saturated heterocycles. The molecule has 0 unspecified atom stereocenters. The number of alkyl halides is 1. The quantitative estimate of drug-likeness (QED) is 0.369. The fraction of sp³-hybridized carbons (Fsp3) is 0.481. The summed E-state index contributed by atoms with van der Waals surface area (Å²) in [5.41, 5.74) is 7.76. The van der Waals surface area contributed by atoms with Gasteiger partial charge in [-0.2, -0.15) is 0 Å². The van der Waals surface area contributed by atoms with Crippen LogP contribution in [0.2, 0.25) is 0 Å². The second-order valence-corrected chi connectivity index (χ2v) is 10.4. The van der Waals surface area contributed by atoms with Crippen molar-refractivity contribution >= 4 is 22.7 Å². The Morgan fingerprint density at radius 1 is 1.23 bits per heavy atom. The maximum absolute atomic E-state index is 15.8. The lowest BCUT2D eigenvalue weighted by atomic mass is 9.74. The van der Waals surface area contributed by atoms with Crippen LogP contribution in [0.1, 0.15) is 43.0 Å². The monoisotopic (exact) mass is 498 g/mol. The number of aliphatic hydroxyl groups excluding tert-OH is 1. The van der Waals surface area contributed by atoms with Crippen LogP contribution in [-0.2, 0) is 6.54 Å². The van der Waals surface area contributed by atoms with Crippen LogP contribution < -0.4 is 10.5 Å². The fourth-order valence-corrected chi connectivity index (χ4v) is 5.79. The zero-order valence-corrected chi connectivity index (χ0v) is 21.1. The van der Waals surface area contributed by atoms with Gasteiger partial charge in [-0.15, -0.1) is 11.8 Å². The summed E-state index contributed by atoms with van der Waals surface area (Å²) in [5, 5.41) is 12.1. The number of piperidine rings is 1. The van der Waals surface area contributed by atoms with E-state index in [-0.39, 0.29) is 18.6 Å². The molecule has 1 fully saturated rings. The van der Waals surface area contributed by atoms with Crippen molar-refractivity contribution in [1.29, 1.82) is 0 Å². The lowest BCUT2D eigenvalue weighted by molar-refractivity contribution is 0.0322. The second-order valence-electron chi connectivity index (χ2n) is 9.31. The highest BCUT2D eigenvalue weighted by Crippen LogP contribution is 2.41. The van der Waals surface area contributed by atoms with Crippen LogP contribution in [0.5, 0.6) is 5.75 Å². The highest BCUT2D eigenvalue weighted by atomic mass is 32.2. The summed E-state index contributed by atoms with van der Waals surface area (Å²) in [7, 11) is 1.60. The van der Waals surface area contributed by atoms with Crippen molar-refractivity contribution < 1.29 is 14.2 Å². The Kier molecular flexibility index (Phi) is 8.94. The number of thioether (sulfide) groups is 1. The number of fused-ring (bicyclic) bond motifs is 1. The zero-order valence-electron chi connectivity index (χ0n) is 20.3. The standard InChI is InChI=1S/C27H35FN4O2S/c1-34-21-5-6-24-22(16-21)26(20(17-29)18-31-24)23(28)7-8-27(19-33)9-12-32(13-10-27)14-15-35-25-4-2-3-11-30-25/h2-6,11,16,18,23,33H,7-10,12-15,17,19,29H2,1H3/t23-/m1/s1. The number of nitrogens with two attached hydrogens (primary N) is 1. The number of aromatic nitrogens is 2. The number of likely N-dealkylation sites (tertiary alicyclic amines) is 1. The molecule has 1 atom stereocenters. The van der Waals surface area contributed by atoms with Crippen LogP contribution in [0.3, 0.4) is 0 Å². The van der Waals surface area contributed by atoms with Gasteiger partial charge < -0.3 is 20.5 Å². The van der Waals surface area contributed by atoms with Gasteiger partial charge in [0.1, 0.15) is 11.9 Å². The molecular weight excluding hydrogens is 463 g/mol. The SMILES string of the molecule is COc1ccc2ncc(CN)c([C@H](F)CCC3(CO)CCN(CCSc4ccccn4)CC3)c2c1. The zero-order chi connectivity index (χ0) is 24.7. The summed E-state index contributed by atoms with van der Waals surface area (Å²) in [4.78, 5) is 11.2. The molecule has 0 aliphatic carbocycles. The Balaban J connectivity index is 1.36. The number of aliphatic hydroxyl groups is 1. The first-order valence-corrected chi connectivity index (χ1v) is 13.2. The van der Waals surface area contributed by atoms with Gasteiger partial charge in [0.2, 0.25) is 0 Å². The number of ether oxygens (including phenoxy) is 1. The van der Waals surface area contributed by atoms with Crippen LogP contribution in [0.4, 0.5) is 4.39 Å².